The molecule has 1 unspecified atom stereocenters. The molecule has 1 rings (SSSR count). The molecule has 2 N–H and O–H groups in total. The van der Waals surface area contributed by atoms with Crippen molar-refractivity contribution in [3.05, 3.63) is 22.1 Å². The van der Waals surface area contributed by atoms with Crippen molar-refractivity contribution in [2.75, 3.05) is 5.32 Å². The molecule has 0 aromatic carbocycles. The van der Waals surface area contributed by atoms with E-state index in [1.165, 1.54) is 6.92 Å². The van der Waals surface area contributed by atoms with Crippen molar-refractivity contribution in [1.82, 2.24) is 10.2 Å². The first kappa shape index (κ1) is 10.0. The van der Waals surface area contributed by atoms with Crippen LogP contribution >= 0.6 is 0 Å². The van der Waals surface area contributed by atoms with Crippen LogP contribution in [0.1, 0.15) is 20.8 Å². The summed E-state index contributed by atoms with van der Waals surface area (Å²) in [5, 5.41) is 7.43. The van der Waals surface area contributed by atoms with E-state index in [9.17, 15) is 18.0 Å². The number of anilines is 1. The molecular weight excluding hydrogens is 211 g/mol. The molecule has 0 spiro atoms. The predicted molar refractivity (Wildman–Crippen MR) is 48.6 cm³/mol. The van der Waals surface area contributed by atoms with Crippen molar-refractivity contribution in [2.45, 2.75) is 26.0 Å². The van der Waals surface area contributed by atoms with Crippen molar-refractivity contribution in [1.29, 1.82) is 0 Å². The van der Waals surface area contributed by atoms with Gasteiger partial charge in [0, 0.05) is 7.41 Å². The molecule has 0 aliphatic heterocycles. The Hall–Kier alpha value is -1.53. The highest BCUT2D eigenvalue weighted by molar-refractivity contribution is 5.49. The van der Waals surface area contributed by atoms with Gasteiger partial charge in [0.1, 0.15) is 5.56 Å². The zero-order chi connectivity index (χ0) is 12.3. The number of rotatable bonds is 2. The van der Waals surface area contributed by atoms with E-state index in [1.807, 2.05) is 0 Å². The zero-order valence-electron chi connectivity index (χ0n) is 8.85. The lowest BCUT2D eigenvalue weighted by Gasteiger charge is -2.14. The number of aromatic nitrogens is 2. The van der Waals surface area contributed by atoms with Gasteiger partial charge in [0.15, 0.2) is 0 Å². The SMILES string of the molecule is [2H]CC(C)Nc1cn[nH]c(=O)c1C(F)(F)F. The summed E-state index contributed by atoms with van der Waals surface area (Å²) in [7, 11) is 0. The lowest BCUT2D eigenvalue weighted by molar-refractivity contribution is -0.138. The van der Waals surface area contributed by atoms with E-state index in [4.69, 9.17) is 1.37 Å². The van der Waals surface area contributed by atoms with Gasteiger partial charge in [-0.05, 0) is 13.8 Å². The lowest BCUT2D eigenvalue weighted by atomic mass is 10.2. The minimum absolute atomic E-state index is 0.107. The summed E-state index contributed by atoms with van der Waals surface area (Å²) in [5.41, 5.74) is -3.02. The van der Waals surface area contributed by atoms with Gasteiger partial charge in [-0.15, -0.1) is 0 Å². The highest BCUT2D eigenvalue weighted by Gasteiger charge is 2.37. The Labute approximate surface area is 84.9 Å². The quantitative estimate of drug-likeness (QED) is 0.799. The molecule has 0 aliphatic rings. The molecular formula is C8H10F3N3O. The Bertz CT molecular complexity index is 418. The van der Waals surface area contributed by atoms with Crippen LogP contribution in [-0.4, -0.2) is 16.2 Å². The third-order valence-corrected chi connectivity index (χ3v) is 1.54. The third-order valence-electron chi connectivity index (χ3n) is 1.54. The Kier molecular flexibility index (Phi) is 2.61. The monoisotopic (exact) mass is 222 g/mol. The molecule has 1 aromatic rings. The predicted octanol–water partition coefficient (Wildman–Crippen LogP) is 1.61. The van der Waals surface area contributed by atoms with Gasteiger partial charge in [-0.25, -0.2) is 5.10 Å². The number of hydrogen-bond acceptors (Lipinski definition) is 3. The molecule has 0 radical (unpaired) electrons. The second-order valence-corrected chi connectivity index (χ2v) is 3.03. The summed E-state index contributed by atoms with van der Waals surface area (Å²) in [6.45, 7) is 1.43. The van der Waals surface area contributed by atoms with Gasteiger partial charge in [-0.1, -0.05) is 0 Å². The molecule has 7 heteroatoms. The molecule has 0 aliphatic carbocycles. The minimum Gasteiger partial charge on any atom is -0.381 e. The Morgan fingerprint density at radius 2 is 2.33 bits per heavy atom. The van der Waals surface area contributed by atoms with E-state index < -0.39 is 29.0 Å². The zero-order valence-corrected chi connectivity index (χ0v) is 7.85. The van der Waals surface area contributed by atoms with Crippen molar-refractivity contribution >= 4 is 5.69 Å². The minimum atomic E-state index is -4.75. The van der Waals surface area contributed by atoms with Crippen LogP contribution in [0.4, 0.5) is 18.9 Å². The van der Waals surface area contributed by atoms with Crippen molar-refractivity contribution in [3.8, 4) is 0 Å². The third kappa shape index (κ3) is 2.71. The first-order chi connectivity index (χ1) is 7.36. The van der Waals surface area contributed by atoms with E-state index in [2.05, 4.69) is 10.4 Å². The highest BCUT2D eigenvalue weighted by atomic mass is 19.4. The standard InChI is InChI=1S/C8H10F3N3O/c1-4(2)13-5-3-12-14-7(15)6(5)8(9,10)11/h3-4H,1-2H3,(H2,13,14,15)/i1D. The number of nitrogens with one attached hydrogen (secondary N) is 2. The number of H-pyrrole nitrogens is 1. The maximum absolute atomic E-state index is 12.5. The molecule has 1 aromatic heterocycles. The van der Waals surface area contributed by atoms with Gasteiger partial charge in [-0.2, -0.15) is 18.3 Å². The number of halogens is 3. The summed E-state index contributed by atoms with van der Waals surface area (Å²) >= 11 is 0. The maximum Gasteiger partial charge on any atom is 0.423 e. The van der Waals surface area contributed by atoms with Gasteiger partial charge in [0.2, 0.25) is 0 Å². The second-order valence-electron chi connectivity index (χ2n) is 3.03. The molecule has 4 nitrogen and oxygen atoms in total. The molecule has 0 amide bonds. The van der Waals surface area contributed by atoms with Crippen LogP contribution in [-0.2, 0) is 6.18 Å². The van der Waals surface area contributed by atoms with E-state index in [1.54, 1.807) is 5.10 Å². The number of alkyl halides is 3. The normalized spacial score (nSPS) is 14.5. The summed E-state index contributed by atoms with van der Waals surface area (Å²) in [5.74, 6) is 0. The van der Waals surface area contributed by atoms with Crippen LogP contribution in [0.2, 0.25) is 0 Å². The van der Waals surface area contributed by atoms with E-state index >= 15 is 0 Å². The Morgan fingerprint density at radius 1 is 1.67 bits per heavy atom. The van der Waals surface area contributed by atoms with Crippen LogP contribution < -0.4 is 10.9 Å². The molecule has 0 fully saturated rings. The largest absolute Gasteiger partial charge is 0.423 e. The molecule has 15 heavy (non-hydrogen) atoms. The highest BCUT2D eigenvalue weighted by Crippen LogP contribution is 2.31. The number of hydrogen-bond donors (Lipinski definition) is 2. The first-order valence-corrected chi connectivity index (χ1v) is 4.07. The van der Waals surface area contributed by atoms with Gasteiger partial charge in [0.25, 0.3) is 5.56 Å². The van der Waals surface area contributed by atoms with E-state index in [0.29, 0.717) is 0 Å². The van der Waals surface area contributed by atoms with Crippen molar-refractivity contribution in [2.24, 2.45) is 0 Å². The molecule has 1 heterocycles. The van der Waals surface area contributed by atoms with Gasteiger partial charge in [0.05, 0.1) is 11.9 Å². The summed E-state index contributed by atoms with van der Waals surface area (Å²) < 4.78 is 44.6. The van der Waals surface area contributed by atoms with Crippen LogP contribution in [0.25, 0.3) is 0 Å². The molecule has 0 saturated heterocycles. The van der Waals surface area contributed by atoms with Gasteiger partial charge >= 0.3 is 6.18 Å². The smallest absolute Gasteiger partial charge is 0.381 e. The van der Waals surface area contributed by atoms with Crippen molar-refractivity contribution in [3.63, 3.8) is 0 Å². The number of aromatic amines is 1. The fourth-order valence-corrected chi connectivity index (χ4v) is 1.05. The lowest BCUT2D eigenvalue weighted by Crippen LogP contribution is -2.26. The first-order valence-electron chi connectivity index (χ1n) is 4.77. The van der Waals surface area contributed by atoms with Gasteiger partial charge in [-0.3, -0.25) is 4.79 Å². The second kappa shape index (κ2) is 3.92. The van der Waals surface area contributed by atoms with Crippen LogP contribution in [0.5, 0.6) is 0 Å². The molecule has 1 atom stereocenters. The topological polar surface area (TPSA) is 57.8 Å². The average Bonchev–Trinajstić information content (AvgIpc) is 2.15. The Morgan fingerprint density at radius 3 is 2.87 bits per heavy atom. The Balaban J connectivity index is 3.19. The van der Waals surface area contributed by atoms with Crippen LogP contribution in [0.3, 0.4) is 0 Å². The molecule has 0 saturated carbocycles. The molecule has 84 valence electrons. The van der Waals surface area contributed by atoms with Crippen LogP contribution in [0.15, 0.2) is 11.0 Å². The average molecular weight is 222 g/mol. The van der Waals surface area contributed by atoms with E-state index in [-0.39, 0.29) is 6.90 Å². The van der Waals surface area contributed by atoms with Crippen LogP contribution in [0, 0.1) is 0 Å². The van der Waals surface area contributed by atoms with Gasteiger partial charge < -0.3 is 5.32 Å². The number of nitrogens with zero attached hydrogens (tertiary/aromatic N) is 1. The summed E-state index contributed by atoms with van der Waals surface area (Å²) in [4.78, 5) is 11.0. The summed E-state index contributed by atoms with van der Waals surface area (Å²) in [6, 6.07) is -0.496. The fourth-order valence-electron chi connectivity index (χ4n) is 1.05. The molecule has 0 bridgehead atoms. The summed E-state index contributed by atoms with van der Waals surface area (Å²) in [6.07, 6.45) is -3.86. The maximum atomic E-state index is 12.5. The van der Waals surface area contributed by atoms with Crippen molar-refractivity contribution < 1.29 is 14.5 Å². The van der Waals surface area contributed by atoms with E-state index in [0.717, 1.165) is 6.20 Å². The fraction of sp³-hybridized carbons (Fsp3) is 0.500.